The van der Waals surface area contributed by atoms with Crippen LogP contribution < -0.4 is 5.43 Å². The van der Waals surface area contributed by atoms with Crippen LogP contribution in [0.15, 0.2) is 71.4 Å². The third kappa shape index (κ3) is 5.01. The predicted molar refractivity (Wildman–Crippen MR) is 121 cm³/mol. The number of nitrogens with one attached hydrogen (secondary N) is 1. The number of carbonyl (C=O) groups excluding carboxylic acids is 1. The summed E-state index contributed by atoms with van der Waals surface area (Å²) in [5.74, 6) is 0.639. The zero-order valence-corrected chi connectivity index (χ0v) is 17.8. The third-order valence-electron chi connectivity index (χ3n) is 4.42. The highest BCUT2D eigenvalue weighted by Gasteiger charge is 2.15. The van der Waals surface area contributed by atoms with E-state index in [-0.39, 0.29) is 17.4 Å². The number of aromatic nitrogens is 6. The highest BCUT2D eigenvalue weighted by molar-refractivity contribution is 7.99. The van der Waals surface area contributed by atoms with Gasteiger partial charge in [-0.1, -0.05) is 47.3 Å². The average Bonchev–Trinajstić information content (AvgIpc) is 3.37. The Balaban J connectivity index is 1.40. The number of hydrogen-bond donors (Lipinski definition) is 2. The van der Waals surface area contributed by atoms with Crippen molar-refractivity contribution in [1.82, 2.24) is 35.2 Å². The van der Waals surface area contributed by atoms with Gasteiger partial charge in [0, 0.05) is 6.54 Å². The van der Waals surface area contributed by atoms with Crippen molar-refractivity contribution < 1.29 is 9.90 Å². The van der Waals surface area contributed by atoms with E-state index in [1.165, 1.54) is 18.0 Å². The van der Waals surface area contributed by atoms with Crippen molar-refractivity contribution >= 4 is 34.9 Å². The van der Waals surface area contributed by atoms with Gasteiger partial charge in [0.05, 0.1) is 17.5 Å². The number of hydrazone groups is 1. The van der Waals surface area contributed by atoms with E-state index in [2.05, 4.69) is 37.6 Å². The number of aromatic hydroxyl groups is 1. The Bertz CT molecular complexity index is 1280. The highest BCUT2D eigenvalue weighted by Crippen LogP contribution is 2.19. The van der Waals surface area contributed by atoms with E-state index in [4.69, 9.17) is 0 Å². The van der Waals surface area contributed by atoms with Crippen LogP contribution in [-0.2, 0) is 17.9 Å². The molecular formula is C21H20N8O2S. The molecule has 2 aromatic heterocycles. The summed E-state index contributed by atoms with van der Waals surface area (Å²) < 4.78 is 3.65. The van der Waals surface area contributed by atoms with E-state index >= 15 is 0 Å². The molecule has 2 N–H and O–H groups in total. The van der Waals surface area contributed by atoms with E-state index in [9.17, 15) is 9.90 Å². The van der Waals surface area contributed by atoms with Crippen molar-refractivity contribution in [3.63, 3.8) is 0 Å². The fraction of sp³-hybridized carbons (Fsp3) is 0.143. The lowest BCUT2D eigenvalue weighted by Gasteiger charge is -2.07. The zero-order valence-electron chi connectivity index (χ0n) is 17.0. The van der Waals surface area contributed by atoms with Crippen molar-refractivity contribution in [2.45, 2.75) is 18.2 Å². The molecule has 0 bridgehead atoms. The van der Waals surface area contributed by atoms with Crippen molar-refractivity contribution in [2.24, 2.45) is 5.10 Å². The van der Waals surface area contributed by atoms with Crippen LogP contribution in [0.1, 0.15) is 11.4 Å². The van der Waals surface area contributed by atoms with E-state index in [1.54, 1.807) is 35.0 Å². The number of nitrogens with zero attached hydrogens (tertiary/aromatic N) is 7. The molecular weight excluding hydrogens is 428 g/mol. The second-order valence-electron chi connectivity index (χ2n) is 6.71. The molecule has 32 heavy (non-hydrogen) atoms. The van der Waals surface area contributed by atoms with Crippen LogP contribution in [0.25, 0.3) is 11.0 Å². The normalized spacial score (nSPS) is 11.2. The molecule has 0 unspecified atom stereocenters. The van der Waals surface area contributed by atoms with Gasteiger partial charge in [0.15, 0.2) is 11.0 Å². The van der Waals surface area contributed by atoms with Gasteiger partial charge in [-0.15, -0.1) is 21.9 Å². The Hall–Kier alpha value is -3.99. The van der Waals surface area contributed by atoms with Crippen LogP contribution >= 0.6 is 11.8 Å². The third-order valence-corrected chi connectivity index (χ3v) is 5.39. The lowest BCUT2D eigenvalue weighted by molar-refractivity contribution is -0.118. The van der Waals surface area contributed by atoms with Crippen molar-refractivity contribution in [1.29, 1.82) is 0 Å². The number of carbonyl (C=O) groups is 1. The number of phenolic OH excluding ortho intramolecular Hbond substituents is 1. The summed E-state index contributed by atoms with van der Waals surface area (Å²) in [5, 5.41) is 30.8. The van der Waals surface area contributed by atoms with Gasteiger partial charge in [-0.25, -0.2) is 10.1 Å². The van der Waals surface area contributed by atoms with Crippen LogP contribution in [0.3, 0.4) is 0 Å². The fourth-order valence-corrected chi connectivity index (χ4v) is 3.73. The molecule has 0 atom stereocenters. The summed E-state index contributed by atoms with van der Waals surface area (Å²) in [6.07, 6.45) is 3.21. The Morgan fingerprint density at radius 1 is 1.19 bits per heavy atom. The molecule has 162 valence electrons. The predicted octanol–water partition coefficient (Wildman–Crippen LogP) is 2.21. The summed E-state index contributed by atoms with van der Waals surface area (Å²) in [5.41, 5.74) is 4.85. The lowest BCUT2D eigenvalue weighted by atomic mass is 10.2. The molecule has 0 aliphatic rings. The first-order valence-electron chi connectivity index (χ1n) is 9.69. The lowest BCUT2D eigenvalue weighted by Crippen LogP contribution is -2.20. The SMILES string of the molecule is C=CCn1c(Cn2nnc3ccccc32)nnc1SCC(=O)N/N=C/c1cccc(O)c1. The largest absolute Gasteiger partial charge is 0.508 e. The van der Waals surface area contributed by atoms with Gasteiger partial charge in [0.1, 0.15) is 17.8 Å². The summed E-state index contributed by atoms with van der Waals surface area (Å²) >= 11 is 1.25. The standard InChI is InChI=1S/C21H20N8O2S/c1-2-10-28-19(13-29-18-9-4-3-8-17(18)23-27-29)24-26-21(28)32-14-20(31)25-22-12-15-6-5-7-16(30)11-15/h2-9,11-12,30H,1,10,13-14H2,(H,25,31)/b22-12+. The first-order chi connectivity index (χ1) is 15.6. The molecule has 0 aliphatic heterocycles. The summed E-state index contributed by atoms with van der Waals surface area (Å²) in [6.45, 7) is 4.68. The molecule has 0 fully saturated rings. The molecule has 0 spiro atoms. The van der Waals surface area contributed by atoms with Gasteiger partial charge in [0.25, 0.3) is 5.91 Å². The van der Waals surface area contributed by atoms with Crippen LogP contribution in [-0.4, -0.2) is 52.7 Å². The number of amides is 1. The van der Waals surface area contributed by atoms with E-state index in [1.807, 2.05) is 28.8 Å². The molecule has 2 aromatic carbocycles. The number of hydrogen-bond acceptors (Lipinski definition) is 8. The number of thioether (sulfide) groups is 1. The Labute approximate surface area is 187 Å². The number of benzene rings is 2. The van der Waals surface area contributed by atoms with Crippen LogP contribution in [0.5, 0.6) is 5.75 Å². The van der Waals surface area contributed by atoms with Crippen LogP contribution in [0, 0.1) is 0 Å². The number of phenols is 1. The summed E-state index contributed by atoms with van der Waals surface area (Å²) in [7, 11) is 0. The van der Waals surface area contributed by atoms with E-state index in [0.717, 1.165) is 11.0 Å². The van der Waals surface area contributed by atoms with Crippen molar-refractivity contribution in [3.8, 4) is 5.75 Å². The monoisotopic (exact) mass is 448 g/mol. The molecule has 0 radical (unpaired) electrons. The second kappa shape index (κ2) is 9.88. The number of allylic oxidation sites excluding steroid dienone is 1. The Morgan fingerprint density at radius 2 is 2.06 bits per heavy atom. The molecule has 11 heteroatoms. The van der Waals surface area contributed by atoms with Gasteiger partial charge in [-0.2, -0.15) is 5.10 Å². The minimum atomic E-state index is -0.289. The Morgan fingerprint density at radius 3 is 2.91 bits per heavy atom. The van der Waals surface area contributed by atoms with E-state index < -0.39 is 0 Å². The molecule has 0 saturated carbocycles. The highest BCUT2D eigenvalue weighted by atomic mass is 32.2. The van der Waals surface area contributed by atoms with Gasteiger partial charge >= 0.3 is 0 Å². The molecule has 4 rings (SSSR count). The molecule has 0 aliphatic carbocycles. The number of rotatable bonds is 9. The van der Waals surface area contributed by atoms with Crippen molar-refractivity contribution in [2.75, 3.05) is 5.75 Å². The van der Waals surface area contributed by atoms with Gasteiger partial charge in [0.2, 0.25) is 0 Å². The van der Waals surface area contributed by atoms with Crippen molar-refractivity contribution in [3.05, 3.63) is 72.6 Å². The maximum atomic E-state index is 12.2. The van der Waals surface area contributed by atoms with Gasteiger partial charge < -0.3 is 9.67 Å². The molecule has 0 saturated heterocycles. The number of para-hydroxylation sites is 1. The minimum absolute atomic E-state index is 0.110. The maximum absolute atomic E-state index is 12.2. The molecule has 10 nitrogen and oxygen atoms in total. The molecule has 2 heterocycles. The molecule has 4 aromatic rings. The first-order valence-corrected chi connectivity index (χ1v) is 10.7. The smallest absolute Gasteiger partial charge is 0.250 e. The van der Waals surface area contributed by atoms with Crippen LogP contribution in [0.2, 0.25) is 0 Å². The van der Waals surface area contributed by atoms with Gasteiger partial charge in [-0.3, -0.25) is 4.79 Å². The van der Waals surface area contributed by atoms with E-state index in [0.29, 0.717) is 29.6 Å². The summed E-state index contributed by atoms with van der Waals surface area (Å²) in [6, 6.07) is 14.3. The minimum Gasteiger partial charge on any atom is -0.508 e. The zero-order chi connectivity index (χ0) is 22.3. The second-order valence-corrected chi connectivity index (χ2v) is 7.65. The first kappa shape index (κ1) is 21.2. The fourth-order valence-electron chi connectivity index (χ4n) is 2.97. The quantitative estimate of drug-likeness (QED) is 0.174. The van der Waals surface area contributed by atoms with Gasteiger partial charge in [-0.05, 0) is 29.8 Å². The average molecular weight is 449 g/mol. The topological polar surface area (TPSA) is 123 Å². The van der Waals surface area contributed by atoms with Crippen LogP contribution in [0.4, 0.5) is 0 Å². The maximum Gasteiger partial charge on any atom is 0.250 e. The number of fused-ring (bicyclic) bond motifs is 1. The summed E-state index contributed by atoms with van der Waals surface area (Å²) in [4.78, 5) is 12.2. The Kier molecular flexibility index (Phi) is 6.56. The molecule has 1 amide bonds.